The molecule has 0 aliphatic rings. The molecule has 0 saturated heterocycles. The molecule has 0 radical (unpaired) electrons. The third kappa shape index (κ3) is 5.35. The number of hydrogen-bond acceptors (Lipinski definition) is 4. The van der Waals surface area contributed by atoms with Crippen molar-refractivity contribution in [3.05, 3.63) is 29.8 Å². The zero-order valence-electron chi connectivity index (χ0n) is 12.5. The Morgan fingerprint density at radius 1 is 1.14 bits per heavy atom. The fourth-order valence-corrected chi connectivity index (χ4v) is 1.85. The zero-order chi connectivity index (χ0) is 16.7. The molecule has 0 spiro atoms. The lowest BCUT2D eigenvalue weighted by Crippen LogP contribution is -2.44. The maximum atomic E-state index is 12.3. The second-order valence-corrected chi connectivity index (χ2v) is 4.90. The lowest BCUT2D eigenvalue weighted by molar-refractivity contribution is -0.120. The second-order valence-electron chi connectivity index (χ2n) is 4.90. The van der Waals surface area contributed by atoms with E-state index in [2.05, 4.69) is 10.6 Å². The van der Waals surface area contributed by atoms with Crippen molar-refractivity contribution in [3.8, 4) is 0 Å². The van der Waals surface area contributed by atoms with Crippen LogP contribution in [0.4, 0.5) is 5.69 Å². The van der Waals surface area contributed by atoms with Crippen molar-refractivity contribution < 1.29 is 19.2 Å². The summed E-state index contributed by atoms with van der Waals surface area (Å²) >= 11 is 0. The van der Waals surface area contributed by atoms with Crippen LogP contribution in [-0.4, -0.2) is 29.5 Å². The van der Waals surface area contributed by atoms with E-state index in [1.807, 2.05) is 0 Å². The van der Waals surface area contributed by atoms with Gasteiger partial charge in [-0.25, -0.2) is 0 Å². The highest BCUT2D eigenvalue weighted by atomic mass is 16.2. The minimum Gasteiger partial charge on any atom is -0.368 e. The first-order chi connectivity index (χ1) is 10.3. The van der Waals surface area contributed by atoms with Gasteiger partial charge in [0.05, 0.1) is 11.3 Å². The minimum absolute atomic E-state index is 0.0980. The van der Waals surface area contributed by atoms with E-state index in [1.54, 1.807) is 18.2 Å². The van der Waals surface area contributed by atoms with E-state index in [4.69, 9.17) is 5.73 Å². The molecule has 4 N–H and O–H groups in total. The number of anilines is 1. The number of hydrogen-bond donors (Lipinski definition) is 3. The number of nitrogens with one attached hydrogen (secondary N) is 2. The lowest BCUT2D eigenvalue weighted by atomic mass is 10.1. The van der Waals surface area contributed by atoms with Gasteiger partial charge in [0.15, 0.2) is 0 Å². The summed E-state index contributed by atoms with van der Waals surface area (Å²) in [5.41, 5.74) is 5.78. The predicted octanol–water partition coefficient (Wildman–Crippen LogP) is 0.598. The molecule has 1 rings (SSSR count). The van der Waals surface area contributed by atoms with Gasteiger partial charge in [0, 0.05) is 13.3 Å². The Morgan fingerprint density at radius 2 is 1.77 bits per heavy atom. The van der Waals surface area contributed by atoms with Crippen molar-refractivity contribution in [3.63, 3.8) is 0 Å². The van der Waals surface area contributed by atoms with E-state index in [-0.39, 0.29) is 30.1 Å². The van der Waals surface area contributed by atoms with Crippen molar-refractivity contribution in [2.24, 2.45) is 5.73 Å². The summed E-state index contributed by atoms with van der Waals surface area (Å²) in [5.74, 6) is -1.68. The third-order valence-corrected chi connectivity index (χ3v) is 2.92. The molecule has 0 aliphatic heterocycles. The predicted molar refractivity (Wildman–Crippen MR) is 81.1 cm³/mol. The molecule has 0 heterocycles. The van der Waals surface area contributed by atoms with Gasteiger partial charge >= 0.3 is 0 Å². The Morgan fingerprint density at radius 3 is 2.32 bits per heavy atom. The van der Waals surface area contributed by atoms with Crippen LogP contribution in [0.15, 0.2) is 24.3 Å². The van der Waals surface area contributed by atoms with Crippen molar-refractivity contribution in [2.45, 2.75) is 32.7 Å². The number of benzene rings is 1. The fourth-order valence-electron chi connectivity index (χ4n) is 1.85. The van der Waals surface area contributed by atoms with Gasteiger partial charge < -0.3 is 21.2 Å². The Labute approximate surface area is 128 Å². The van der Waals surface area contributed by atoms with Crippen LogP contribution in [0.2, 0.25) is 0 Å². The van der Waals surface area contributed by atoms with E-state index in [0.717, 1.165) is 0 Å². The maximum Gasteiger partial charge on any atom is 0.254 e. The quantitative estimate of drug-likeness (QED) is 0.683. The number of Topliss-reactive ketones (excluding diaryl/α,β-unsaturated/α-hetero) is 1. The summed E-state index contributed by atoms with van der Waals surface area (Å²) in [5, 5.41) is 5.02. The SMILES string of the molecule is CC(=O)CC[C@H](NC(=O)c1ccccc1NC(C)=O)C(N)=O. The second kappa shape index (κ2) is 7.92. The molecule has 1 aromatic rings. The van der Waals surface area contributed by atoms with Gasteiger partial charge in [-0.1, -0.05) is 12.1 Å². The van der Waals surface area contributed by atoms with Crippen LogP contribution in [0, 0.1) is 0 Å². The third-order valence-electron chi connectivity index (χ3n) is 2.92. The number of primary amides is 1. The molecule has 118 valence electrons. The number of nitrogens with two attached hydrogens (primary N) is 1. The first-order valence-corrected chi connectivity index (χ1v) is 6.77. The van der Waals surface area contributed by atoms with Crippen LogP contribution < -0.4 is 16.4 Å². The number of carbonyl (C=O) groups is 4. The van der Waals surface area contributed by atoms with Crippen molar-refractivity contribution in [2.75, 3.05) is 5.32 Å². The summed E-state index contributed by atoms with van der Waals surface area (Å²) in [6, 6.07) is 5.45. The highest BCUT2D eigenvalue weighted by Crippen LogP contribution is 2.15. The summed E-state index contributed by atoms with van der Waals surface area (Å²) in [7, 11) is 0. The van der Waals surface area contributed by atoms with Crippen LogP contribution in [0.3, 0.4) is 0 Å². The molecular formula is C15H19N3O4. The number of carbonyl (C=O) groups excluding carboxylic acids is 4. The molecule has 0 unspecified atom stereocenters. The molecule has 1 atom stereocenters. The topological polar surface area (TPSA) is 118 Å². The molecule has 0 saturated carbocycles. The Bertz CT molecular complexity index is 598. The van der Waals surface area contributed by atoms with Crippen molar-refractivity contribution >= 4 is 29.2 Å². The van der Waals surface area contributed by atoms with Gasteiger partial charge in [0.1, 0.15) is 11.8 Å². The van der Waals surface area contributed by atoms with E-state index in [9.17, 15) is 19.2 Å². The monoisotopic (exact) mass is 305 g/mol. The van der Waals surface area contributed by atoms with E-state index in [1.165, 1.54) is 19.9 Å². The lowest BCUT2D eigenvalue weighted by Gasteiger charge is -2.16. The zero-order valence-corrected chi connectivity index (χ0v) is 12.5. The molecule has 7 heteroatoms. The van der Waals surface area contributed by atoms with Gasteiger partial charge in [-0.05, 0) is 25.5 Å². The average molecular weight is 305 g/mol. The summed E-state index contributed by atoms with van der Waals surface area (Å²) < 4.78 is 0. The van der Waals surface area contributed by atoms with Crippen LogP contribution in [0.25, 0.3) is 0 Å². The smallest absolute Gasteiger partial charge is 0.254 e. The normalized spacial score (nSPS) is 11.4. The molecule has 3 amide bonds. The Kier molecular flexibility index (Phi) is 6.25. The summed E-state index contributed by atoms with van der Waals surface area (Å²) in [6.07, 6.45) is 0.278. The molecule has 0 bridgehead atoms. The van der Waals surface area contributed by atoms with Crippen LogP contribution in [-0.2, 0) is 14.4 Å². The number of para-hydroxylation sites is 1. The largest absolute Gasteiger partial charge is 0.368 e. The first-order valence-electron chi connectivity index (χ1n) is 6.77. The van der Waals surface area contributed by atoms with Crippen LogP contribution in [0.5, 0.6) is 0 Å². The van der Waals surface area contributed by atoms with Gasteiger partial charge in [0.25, 0.3) is 5.91 Å². The fraction of sp³-hybridized carbons (Fsp3) is 0.333. The summed E-state index contributed by atoms with van der Waals surface area (Å²) in [4.78, 5) is 45.8. The molecular weight excluding hydrogens is 286 g/mol. The minimum atomic E-state index is -0.943. The maximum absolute atomic E-state index is 12.3. The molecule has 0 fully saturated rings. The van der Waals surface area contributed by atoms with Gasteiger partial charge in [-0.2, -0.15) is 0 Å². The van der Waals surface area contributed by atoms with Gasteiger partial charge in [-0.3, -0.25) is 14.4 Å². The Hall–Kier alpha value is -2.70. The van der Waals surface area contributed by atoms with E-state index >= 15 is 0 Å². The molecule has 1 aromatic carbocycles. The highest BCUT2D eigenvalue weighted by Gasteiger charge is 2.21. The van der Waals surface area contributed by atoms with E-state index in [0.29, 0.717) is 5.69 Å². The first kappa shape index (κ1) is 17.4. The molecule has 22 heavy (non-hydrogen) atoms. The van der Waals surface area contributed by atoms with Gasteiger partial charge in [0.2, 0.25) is 11.8 Å². The van der Waals surface area contributed by atoms with E-state index < -0.39 is 17.9 Å². The van der Waals surface area contributed by atoms with Crippen LogP contribution >= 0.6 is 0 Å². The number of ketones is 1. The highest BCUT2D eigenvalue weighted by molar-refractivity contribution is 6.04. The van der Waals surface area contributed by atoms with Crippen LogP contribution in [0.1, 0.15) is 37.0 Å². The summed E-state index contributed by atoms with van der Waals surface area (Å²) in [6.45, 7) is 2.72. The number of amides is 3. The van der Waals surface area contributed by atoms with Crippen molar-refractivity contribution in [1.82, 2.24) is 5.32 Å². The standard InChI is InChI=1S/C15H19N3O4/c1-9(19)7-8-13(14(16)21)18-15(22)11-5-3-4-6-12(11)17-10(2)20/h3-6,13H,7-8H2,1-2H3,(H2,16,21)(H,17,20)(H,18,22)/t13-/m0/s1. The average Bonchev–Trinajstić information content (AvgIpc) is 2.42. The molecule has 0 aliphatic carbocycles. The molecule has 7 nitrogen and oxygen atoms in total. The Balaban J connectivity index is 2.88. The van der Waals surface area contributed by atoms with Crippen molar-refractivity contribution in [1.29, 1.82) is 0 Å². The van der Waals surface area contributed by atoms with Gasteiger partial charge in [-0.15, -0.1) is 0 Å². The molecule has 0 aromatic heterocycles. The number of rotatable bonds is 7.